The van der Waals surface area contributed by atoms with Crippen LogP contribution >= 0.6 is 11.3 Å². The van der Waals surface area contributed by atoms with Crippen molar-refractivity contribution in [3.05, 3.63) is 167 Å². The summed E-state index contributed by atoms with van der Waals surface area (Å²) < 4.78 is 9.17. The van der Waals surface area contributed by atoms with Gasteiger partial charge in [0.05, 0.1) is 0 Å². The molecule has 0 amide bonds. The molecular formula is C42H28N4OS. The molecule has 6 aromatic carbocycles. The molecule has 4 heterocycles. The standard InChI is InChI=1S/C42H28N4OS/c1-3-12-26(13-4-1)40-44-41(27-14-5-2-6-15-27)46-42(45-40)31-19-10-20-34-37(31)32-24-43-33(23-35(32)47-34)29-17-9-18-30-38-28-16-8-7-11-25(28)21-22-36(38)48-39(29)30/h1-23,40,43H,24H2,(H,44,45,46). The first kappa shape index (κ1) is 27.2. The average molecular weight is 637 g/mol. The van der Waals surface area contributed by atoms with Gasteiger partial charge in [-0.2, -0.15) is 0 Å². The summed E-state index contributed by atoms with van der Waals surface area (Å²) >= 11 is 1.85. The topological polar surface area (TPSA) is 61.9 Å². The predicted octanol–water partition coefficient (Wildman–Crippen LogP) is 10.1. The molecule has 6 heteroatoms. The normalized spacial score (nSPS) is 15.9. The number of fused-ring (bicyclic) bond motifs is 8. The van der Waals surface area contributed by atoms with Crippen LogP contribution in [0.2, 0.25) is 0 Å². The van der Waals surface area contributed by atoms with E-state index in [1.807, 2.05) is 59.9 Å². The Morgan fingerprint density at radius 2 is 1.46 bits per heavy atom. The van der Waals surface area contributed by atoms with Gasteiger partial charge in [0.1, 0.15) is 23.3 Å². The Hall–Kier alpha value is -5.98. The lowest BCUT2D eigenvalue weighted by Gasteiger charge is -2.24. The van der Waals surface area contributed by atoms with Gasteiger partial charge in [0.2, 0.25) is 0 Å². The summed E-state index contributed by atoms with van der Waals surface area (Å²) in [6, 6.07) is 46.5. The van der Waals surface area contributed by atoms with E-state index < -0.39 is 0 Å². The van der Waals surface area contributed by atoms with Crippen molar-refractivity contribution in [1.82, 2.24) is 10.6 Å². The van der Waals surface area contributed by atoms with Crippen molar-refractivity contribution < 1.29 is 4.42 Å². The lowest BCUT2D eigenvalue weighted by molar-refractivity contribution is 0.593. The van der Waals surface area contributed by atoms with Crippen molar-refractivity contribution in [2.45, 2.75) is 12.7 Å². The van der Waals surface area contributed by atoms with Gasteiger partial charge in [-0.1, -0.05) is 121 Å². The molecule has 0 spiro atoms. The second-order valence-corrected chi connectivity index (χ2v) is 13.3. The van der Waals surface area contributed by atoms with E-state index in [2.05, 4.69) is 102 Å². The number of aliphatic imine (C=N–C) groups is 2. The van der Waals surface area contributed by atoms with Crippen LogP contribution in [0.1, 0.15) is 39.7 Å². The van der Waals surface area contributed by atoms with Crippen LogP contribution in [0.5, 0.6) is 0 Å². The SMILES string of the molecule is C1=C(c2cccc3c2sc2ccc4ccccc4c23)NCc2c1oc1cccc(C3=NC(c4ccccc4)NC(c4ccccc4)=N3)c21. The van der Waals surface area contributed by atoms with Gasteiger partial charge >= 0.3 is 0 Å². The zero-order valence-electron chi connectivity index (χ0n) is 25.8. The van der Waals surface area contributed by atoms with Crippen LogP contribution in [-0.2, 0) is 6.54 Å². The van der Waals surface area contributed by atoms with E-state index >= 15 is 0 Å². The van der Waals surface area contributed by atoms with E-state index in [1.54, 1.807) is 0 Å². The van der Waals surface area contributed by atoms with Gasteiger partial charge in [-0.25, -0.2) is 9.98 Å². The van der Waals surface area contributed by atoms with Crippen molar-refractivity contribution in [1.29, 1.82) is 0 Å². The first-order chi connectivity index (χ1) is 23.8. The summed E-state index contributed by atoms with van der Waals surface area (Å²) in [5.41, 5.74) is 7.27. The Morgan fingerprint density at radius 3 is 2.35 bits per heavy atom. The molecule has 0 saturated carbocycles. The van der Waals surface area contributed by atoms with Gasteiger partial charge in [0, 0.05) is 66.1 Å². The molecule has 1 atom stereocenters. The Balaban J connectivity index is 1.11. The number of amidine groups is 2. The van der Waals surface area contributed by atoms with Crippen LogP contribution in [0.3, 0.4) is 0 Å². The molecule has 2 aliphatic rings. The van der Waals surface area contributed by atoms with Crippen LogP contribution in [0, 0.1) is 0 Å². The maximum Gasteiger partial charge on any atom is 0.160 e. The fourth-order valence-electron chi connectivity index (χ4n) is 7.15. The smallest absolute Gasteiger partial charge is 0.160 e. The van der Waals surface area contributed by atoms with Crippen LogP contribution in [0.15, 0.2) is 148 Å². The number of hydrogen-bond acceptors (Lipinski definition) is 6. The van der Waals surface area contributed by atoms with E-state index in [0.29, 0.717) is 12.4 Å². The Morgan fingerprint density at radius 1 is 0.688 bits per heavy atom. The summed E-state index contributed by atoms with van der Waals surface area (Å²) in [4.78, 5) is 10.3. The first-order valence-corrected chi connectivity index (χ1v) is 17.0. The number of rotatable bonds is 4. The Bertz CT molecular complexity index is 2650. The molecule has 8 aromatic rings. The van der Waals surface area contributed by atoms with Crippen LogP contribution < -0.4 is 10.6 Å². The predicted molar refractivity (Wildman–Crippen MR) is 200 cm³/mol. The monoisotopic (exact) mass is 636 g/mol. The molecule has 48 heavy (non-hydrogen) atoms. The molecule has 0 saturated heterocycles. The van der Waals surface area contributed by atoms with Gasteiger partial charge in [0.25, 0.3) is 0 Å². The van der Waals surface area contributed by atoms with Gasteiger partial charge in [-0.3, -0.25) is 0 Å². The second kappa shape index (κ2) is 10.8. The van der Waals surface area contributed by atoms with Crippen molar-refractivity contribution in [2.24, 2.45) is 9.98 Å². The average Bonchev–Trinajstić information content (AvgIpc) is 3.74. The highest BCUT2D eigenvalue weighted by atomic mass is 32.1. The number of nitrogens with zero attached hydrogens (tertiary/aromatic N) is 2. The third kappa shape index (κ3) is 4.30. The van der Waals surface area contributed by atoms with Gasteiger partial charge in [-0.05, 0) is 28.5 Å². The second-order valence-electron chi connectivity index (χ2n) is 12.2. The molecule has 0 bridgehead atoms. The summed E-state index contributed by atoms with van der Waals surface area (Å²) in [6.45, 7) is 0.637. The fourth-order valence-corrected chi connectivity index (χ4v) is 8.39. The maximum absolute atomic E-state index is 6.59. The van der Waals surface area contributed by atoms with Crippen molar-refractivity contribution in [2.75, 3.05) is 0 Å². The van der Waals surface area contributed by atoms with Crippen molar-refractivity contribution in [3.8, 4) is 0 Å². The molecule has 1 unspecified atom stereocenters. The zero-order chi connectivity index (χ0) is 31.6. The van der Waals surface area contributed by atoms with Crippen molar-refractivity contribution >= 4 is 76.7 Å². The molecule has 10 rings (SSSR count). The van der Waals surface area contributed by atoms with Crippen LogP contribution in [-0.4, -0.2) is 11.7 Å². The Labute approximate surface area is 280 Å². The minimum atomic E-state index is -0.268. The third-order valence-electron chi connectivity index (χ3n) is 9.40. The molecule has 228 valence electrons. The van der Waals surface area contributed by atoms with E-state index in [9.17, 15) is 0 Å². The minimum absolute atomic E-state index is 0.268. The fraction of sp³-hybridized carbons (Fsp3) is 0.0476. The minimum Gasteiger partial charge on any atom is -0.456 e. The summed E-state index contributed by atoms with van der Waals surface area (Å²) in [6.07, 6.45) is 1.89. The van der Waals surface area contributed by atoms with Gasteiger partial charge in [0.15, 0.2) is 5.84 Å². The molecule has 0 aliphatic carbocycles. The molecule has 0 radical (unpaired) electrons. The highest BCUT2D eigenvalue weighted by Gasteiger charge is 2.26. The van der Waals surface area contributed by atoms with Crippen molar-refractivity contribution in [3.63, 3.8) is 0 Å². The highest BCUT2D eigenvalue weighted by molar-refractivity contribution is 7.26. The highest BCUT2D eigenvalue weighted by Crippen LogP contribution is 2.43. The van der Waals surface area contributed by atoms with Gasteiger partial charge in [-0.15, -0.1) is 11.3 Å². The summed E-state index contributed by atoms with van der Waals surface area (Å²) in [5, 5.41) is 13.5. The molecule has 2 aromatic heterocycles. The van der Waals surface area contributed by atoms with E-state index in [0.717, 1.165) is 50.5 Å². The molecule has 5 nitrogen and oxygen atoms in total. The first-order valence-electron chi connectivity index (χ1n) is 16.2. The quantitative estimate of drug-likeness (QED) is 0.202. The zero-order valence-corrected chi connectivity index (χ0v) is 26.6. The number of thiophene rings is 1. The van der Waals surface area contributed by atoms with Crippen LogP contribution in [0.4, 0.5) is 0 Å². The van der Waals surface area contributed by atoms with E-state index in [1.165, 1.54) is 36.5 Å². The lowest BCUT2D eigenvalue weighted by atomic mass is 9.98. The largest absolute Gasteiger partial charge is 0.456 e. The number of furan rings is 1. The van der Waals surface area contributed by atoms with Gasteiger partial charge < -0.3 is 15.1 Å². The van der Waals surface area contributed by atoms with E-state index in [4.69, 9.17) is 14.4 Å². The maximum atomic E-state index is 6.59. The lowest BCUT2D eigenvalue weighted by Crippen LogP contribution is -2.33. The molecular weight excluding hydrogens is 609 g/mol. The number of benzene rings is 6. The van der Waals surface area contributed by atoms with Crippen LogP contribution in [0.25, 0.3) is 53.7 Å². The van der Waals surface area contributed by atoms with E-state index in [-0.39, 0.29) is 6.17 Å². The number of nitrogens with one attached hydrogen (secondary N) is 2. The number of hydrogen-bond donors (Lipinski definition) is 2. The summed E-state index contributed by atoms with van der Waals surface area (Å²) in [7, 11) is 0. The molecule has 2 N–H and O–H groups in total. The third-order valence-corrected chi connectivity index (χ3v) is 10.6. The Kier molecular flexibility index (Phi) is 6.11. The summed E-state index contributed by atoms with van der Waals surface area (Å²) in [5.74, 6) is 2.36. The molecule has 0 fully saturated rings. The molecule has 2 aliphatic heterocycles.